The molecule has 0 saturated carbocycles. The Hall–Kier alpha value is -3.85. The van der Waals surface area contributed by atoms with Crippen molar-refractivity contribution in [1.82, 2.24) is 9.13 Å². The second-order valence-electron chi connectivity index (χ2n) is 7.95. The number of aryl methyl sites for hydroxylation is 2. The highest BCUT2D eigenvalue weighted by Crippen LogP contribution is 2.32. The average molecular weight is 464 g/mol. The van der Waals surface area contributed by atoms with Gasteiger partial charge in [0.15, 0.2) is 11.5 Å². The van der Waals surface area contributed by atoms with Crippen molar-refractivity contribution < 1.29 is 14.3 Å². The van der Waals surface area contributed by atoms with Crippen molar-refractivity contribution in [1.29, 1.82) is 0 Å². The monoisotopic (exact) mass is 463 g/mol. The summed E-state index contributed by atoms with van der Waals surface area (Å²) >= 11 is 1.25. The summed E-state index contributed by atoms with van der Waals surface area (Å²) in [5.74, 6) is 0.857. The van der Waals surface area contributed by atoms with Gasteiger partial charge in [-0.25, -0.2) is 4.79 Å². The smallest absolute Gasteiger partial charge is 0.332 e. The van der Waals surface area contributed by atoms with E-state index in [1.165, 1.54) is 15.9 Å². The second-order valence-corrected chi connectivity index (χ2v) is 8.87. The second kappa shape index (κ2) is 8.25. The van der Waals surface area contributed by atoms with Crippen molar-refractivity contribution >= 4 is 33.1 Å². The minimum absolute atomic E-state index is 0.0564. The van der Waals surface area contributed by atoms with Crippen LogP contribution >= 0.6 is 11.3 Å². The SMILES string of the molecule is Cc1ccc(NC(=O)Cn2c(=O)n(Cc3ccc4c(c3)OCO4)c(=O)c3sccc32)c(C)c1. The van der Waals surface area contributed by atoms with Crippen LogP contribution in [0.2, 0.25) is 0 Å². The Bertz CT molecular complexity index is 1520. The highest BCUT2D eigenvalue weighted by atomic mass is 32.1. The molecule has 33 heavy (non-hydrogen) atoms. The quantitative estimate of drug-likeness (QED) is 0.491. The van der Waals surface area contributed by atoms with Crippen LogP contribution in [-0.4, -0.2) is 21.8 Å². The third-order valence-corrected chi connectivity index (χ3v) is 6.46. The minimum Gasteiger partial charge on any atom is -0.454 e. The minimum atomic E-state index is -0.542. The van der Waals surface area contributed by atoms with E-state index in [0.717, 1.165) is 21.3 Å². The molecule has 1 amide bonds. The maximum absolute atomic E-state index is 13.3. The van der Waals surface area contributed by atoms with E-state index in [-0.39, 0.29) is 31.3 Å². The fourth-order valence-corrected chi connectivity index (χ4v) is 4.78. The number of aromatic nitrogens is 2. The number of anilines is 1. The summed E-state index contributed by atoms with van der Waals surface area (Å²) < 4.78 is 13.7. The Morgan fingerprint density at radius 2 is 1.85 bits per heavy atom. The van der Waals surface area contributed by atoms with Crippen LogP contribution in [0.4, 0.5) is 5.69 Å². The van der Waals surface area contributed by atoms with E-state index in [1.807, 2.05) is 32.0 Å². The summed E-state index contributed by atoms with van der Waals surface area (Å²) in [6.45, 7) is 3.89. The number of nitrogens with one attached hydrogen (secondary N) is 1. The first kappa shape index (κ1) is 21.0. The molecule has 3 heterocycles. The number of hydrogen-bond acceptors (Lipinski definition) is 6. The lowest BCUT2D eigenvalue weighted by Gasteiger charge is -2.14. The molecule has 1 aliphatic rings. The number of thiophene rings is 1. The van der Waals surface area contributed by atoms with Crippen LogP contribution in [0.15, 0.2) is 57.4 Å². The maximum atomic E-state index is 13.3. The fraction of sp³-hybridized carbons (Fsp3) is 0.208. The number of ether oxygens (including phenoxy) is 2. The van der Waals surface area contributed by atoms with Crippen molar-refractivity contribution in [3.63, 3.8) is 0 Å². The first-order chi connectivity index (χ1) is 15.9. The molecule has 0 aliphatic carbocycles. The van der Waals surface area contributed by atoms with Gasteiger partial charge in [0.1, 0.15) is 11.2 Å². The number of nitrogens with zero attached hydrogens (tertiary/aromatic N) is 2. The van der Waals surface area contributed by atoms with Crippen LogP contribution in [0, 0.1) is 13.8 Å². The third kappa shape index (κ3) is 3.91. The van der Waals surface area contributed by atoms with Crippen LogP contribution in [0.5, 0.6) is 11.5 Å². The number of carbonyl (C=O) groups excluding carboxylic acids is 1. The summed E-state index contributed by atoms with van der Waals surface area (Å²) in [5, 5.41) is 4.61. The van der Waals surface area contributed by atoms with Crippen molar-refractivity contribution in [3.05, 3.63) is 85.4 Å². The number of amides is 1. The lowest BCUT2D eigenvalue weighted by molar-refractivity contribution is -0.116. The van der Waals surface area contributed by atoms with E-state index >= 15 is 0 Å². The van der Waals surface area contributed by atoms with Crippen molar-refractivity contribution in [3.8, 4) is 11.5 Å². The molecule has 2 aromatic carbocycles. The molecular weight excluding hydrogens is 442 g/mol. The molecular formula is C24H21N3O5S. The van der Waals surface area contributed by atoms with Crippen molar-refractivity contribution in [2.75, 3.05) is 12.1 Å². The normalized spacial score (nSPS) is 12.3. The number of carbonyl (C=O) groups is 1. The molecule has 4 aromatic rings. The largest absolute Gasteiger partial charge is 0.454 e. The molecule has 0 radical (unpaired) electrons. The summed E-state index contributed by atoms with van der Waals surface area (Å²) in [5.41, 5.74) is 2.97. The van der Waals surface area contributed by atoms with Gasteiger partial charge >= 0.3 is 5.69 Å². The van der Waals surface area contributed by atoms with Gasteiger partial charge in [0.05, 0.1) is 12.1 Å². The zero-order valence-electron chi connectivity index (χ0n) is 18.1. The molecule has 2 aromatic heterocycles. The molecule has 8 nitrogen and oxygen atoms in total. The van der Waals surface area contributed by atoms with Crippen molar-refractivity contribution in [2.45, 2.75) is 26.9 Å². The molecule has 168 valence electrons. The highest BCUT2D eigenvalue weighted by molar-refractivity contribution is 7.17. The first-order valence-electron chi connectivity index (χ1n) is 10.4. The van der Waals surface area contributed by atoms with Gasteiger partial charge in [-0.15, -0.1) is 11.3 Å². The zero-order chi connectivity index (χ0) is 23.1. The molecule has 0 fully saturated rings. The Morgan fingerprint density at radius 3 is 2.67 bits per heavy atom. The van der Waals surface area contributed by atoms with Gasteiger partial charge in [0.2, 0.25) is 12.7 Å². The first-order valence-corrected chi connectivity index (χ1v) is 11.2. The average Bonchev–Trinajstić information content (AvgIpc) is 3.45. The Balaban J connectivity index is 1.50. The van der Waals surface area contributed by atoms with E-state index in [1.54, 1.807) is 29.6 Å². The summed E-state index contributed by atoms with van der Waals surface area (Å²) in [6.07, 6.45) is 0. The van der Waals surface area contributed by atoms with E-state index in [4.69, 9.17) is 9.47 Å². The van der Waals surface area contributed by atoms with Crippen LogP contribution in [0.1, 0.15) is 16.7 Å². The molecule has 0 saturated heterocycles. The van der Waals surface area contributed by atoms with E-state index in [9.17, 15) is 14.4 Å². The number of rotatable bonds is 5. The molecule has 0 atom stereocenters. The highest BCUT2D eigenvalue weighted by Gasteiger charge is 2.19. The van der Waals surface area contributed by atoms with E-state index in [2.05, 4.69) is 5.32 Å². The fourth-order valence-electron chi connectivity index (χ4n) is 3.93. The zero-order valence-corrected chi connectivity index (χ0v) is 18.9. The summed E-state index contributed by atoms with van der Waals surface area (Å²) in [4.78, 5) is 39.2. The van der Waals surface area contributed by atoms with Crippen LogP contribution < -0.4 is 26.0 Å². The van der Waals surface area contributed by atoms with E-state index < -0.39 is 5.69 Å². The van der Waals surface area contributed by atoms with Crippen LogP contribution in [0.25, 0.3) is 10.2 Å². The van der Waals surface area contributed by atoms with Gasteiger partial charge in [0, 0.05) is 5.69 Å². The predicted octanol–water partition coefficient (Wildman–Crippen LogP) is 3.26. The van der Waals surface area contributed by atoms with Crippen molar-refractivity contribution in [2.24, 2.45) is 0 Å². The number of benzene rings is 2. The summed E-state index contributed by atoms with van der Waals surface area (Å²) in [7, 11) is 0. The predicted molar refractivity (Wildman–Crippen MR) is 127 cm³/mol. The molecule has 0 bridgehead atoms. The van der Waals surface area contributed by atoms with Gasteiger partial charge in [-0.05, 0) is 54.6 Å². The van der Waals surface area contributed by atoms with Crippen LogP contribution in [-0.2, 0) is 17.9 Å². The van der Waals surface area contributed by atoms with E-state index in [0.29, 0.717) is 27.4 Å². The summed E-state index contributed by atoms with van der Waals surface area (Å²) in [6, 6.07) is 12.7. The Morgan fingerprint density at radius 1 is 1.03 bits per heavy atom. The lowest BCUT2D eigenvalue weighted by Crippen LogP contribution is -2.41. The van der Waals surface area contributed by atoms with Gasteiger partial charge < -0.3 is 14.8 Å². The van der Waals surface area contributed by atoms with Gasteiger partial charge in [0.25, 0.3) is 5.56 Å². The Kier molecular flexibility index (Phi) is 5.26. The number of hydrogen-bond donors (Lipinski definition) is 1. The van der Waals surface area contributed by atoms with Gasteiger partial charge in [-0.3, -0.25) is 18.7 Å². The van der Waals surface area contributed by atoms with Gasteiger partial charge in [-0.1, -0.05) is 23.8 Å². The Labute approximate surface area is 192 Å². The molecule has 5 rings (SSSR count). The molecule has 1 aliphatic heterocycles. The van der Waals surface area contributed by atoms with Gasteiger partial charge in [-0.2, -0.15) is 0 Å². The standard InChI is InChI=1S/C24H21N3O5S/c1-14-3-5-17(15(2)9-14)25-21(28)12-26-18-7-8-33-22(18)23(29)27(24(26)30)11-16-4-6-19-20(10-16)32-13-31-19/h3-10H,11-13H2,1-2H3,(H,25,28). The molecule has 0 spiro atoms. The maximum Gasteiger partial charge on any atom is 0.332 e. The number of fused-ring (bicyclic) bond motifs is 2. The molecule has 1 N–H and O–H groups in total. The third-order valence-electron chi connectivity index (χ3n) is 5.57. The molecule has 9 heteroatoms. The molecule has 0 unspecified atom stereocenters. The topological polar surface area (TPSA) is 91.6 Å². The lowest BCUT2D eigenvalue weighted by atomic mass is 10.1. The van der Waals surface area contributed by atoms with Crippen LogP contribution in [0.3, 0.4) is 0 Å².